The van der Waals surface area contributed by atoms with Crippen LogP contribution in [0, 0.1) is 12.7 Å². The van der Waals surface area contributed by atoms with Crippen LogP contribution in [-0.2, 0) is 9.84 Å². The molecule has 7 heteroatoms. The van der Waals surface area contributed by atoms with Crippen molar-refractivity contribution in [2.75, 3.05) is 6.26 Å². The molecule has 1 aromatic heterocycles. The highest BCUT2D eigenvalue weighted by molar-refractivity contribution is 7.90. The summed E-state index contributed by atoms with van der Waals surface area (Å²) in [6.45, 7) is 3.11. The highest BCUT2D eigenvalue weighted by atomic mass is 32.2. The van der Waals surface area contributed by atoms with Crippen molar-refractivity contribution < 1.29 is 17.3 Å². The lowest BCUT2D eigenvalue weighted by molar-refractivity contribution is 0.377. The number of rotatable bonds is 3. The van der Waals surface area contributed by atoms with E-state index in [0.717, 1.165) is 6.26 Å². The van der Waals surface area contributed by atoms with Crippen LogP contribution in [0.2, 0.25) is 0 Å². The van der Waals surface area contributed by atoms with Gasteiger partial charge in [0.1, 0.15) is 11.1 Å². The van der Waals surface area contributed by atoms with E-state index >= 15 is 0 Å². The van der Waals surface area contributed by atoms with Gasteiger partial charge in [0.15, 0.2) is 9.84 Å². The summed E-state index contributed by atoms with van der Waals surface area (Å²) in [6.07, 6.45) is 1.09. The van der Waals surface area contributed by atoms with Crippen molar-refractivity contribution >= 4 is 9.84 Å². The summed E-state index contributed by atoms with van der Waals surface area (Å²) < 4.78 is 41.1. The van der Waals surface area contributed by atoms with E-state index < -0.39 is 15.1 Å². The molecule has 2 aromatic rings. The molecule has 0 saturated carbocycles. The quantitative estimate of drug-likeness (QED) is 0.864. The minimum Gasteiger partial charge on any atom is -0.338 e. The van der Waals surface area contributed by atoms with E-state index in [-0.39, 0.29) is 17.5 Å². The molecule has 19 heavy (non-hydrogen) atoms. The van der Waals surface area contributed by atoms with Gasteiger partial charge >= 0.3 is 0 Å². The molecule has 0 spiro atoms. The molecule has 2 rings (SSSR count). The first kappa shape index (κ1) is 13.7. The van der Waals surface area contributed by atoms with Crippen LogP contribution in [0.15, 0.2) is 22.7 Å². The molecule has 102 valence electrons. The Morgan fingerprint density at radius 1 is 1.37 bits per heavy atom. The maximum atomic E-state index is 13.4. The predicted molar refractivity (Wildman–Crippen MR) is 67.7 cm³/mol. The summed E-state index contributed by atoms with van der Waals surface area (Å²) in [4.78, 5) is 3.99. The average molecular weight is 284 g/mol. The third-order valence-corrected chi connectivity index (χ3v) is 4.35. The van der Waals surface area contributed by atoms with Crippen LogP contribution in [-0.4, -0.2) is 24.8 Å². The molecular weight excluding hydrogens is 271 g/mol. The Morgan fingerprint density at radius 3 is 2.63 bits per heavy atom. The lowest BCUT2D eigenvalue weighted by Gasteiger charge is -2.01. The van der Waals surface area contributed by atoms with Gasteiger partial charge in [0.25, 0.3) is 0 Å². The normalized spacial score (nSPS) is 13.5. The van der Waals surface area contributed by atoms with E-state index in [4.69, 9.17) is 4.52 Å². The fourth-order valence-electron chi connectivity index (χ4n) is 1.43. The van der Waals surface area contributed by atoms with Gasteiger partial charge in [-0.3, -0.25) is 0 Å². The van der Waals surface area contributed by atoms with Gasteiger partial charge < -0.3 is 4.52 Å². The fourth-order valence-corrected chi connectivity index (χ4v) is 1.89. The van der Waals surface area contributed by atoms with Gasteiger partial charge in [0, 0.05) is 11.8 Å². The molecule has 0 unspecified atom stereocenters. The molecule has 0 aliphatic heterocycles. The maximum absolute atomic E-state index is 13.4. The minimum atomic E-state index is -3.31. The largest absolute Gasteiger partial charge is 0.338 e. The molecule has 1 aromatic carbocycles. The predicted octanol–water partition coefficient (Wildman–Crippen LogP) is 2.29. The van der Waals surface area contributed by atoms with Crippen molar-refractivity contribution in [2.45, 2.75) is 19.1 Å². The molecule has 1 atom stereocenters. The van der Waals surface area contributed by atoms with Crippen LogP contribution < -0.4 is 0 Å². The maximum Gasteiger partial charge on any atom is 0.244 e. The summed E-state index contributed by atoms with van der Waals surface area (Å²) >= 11 is 0. The van der Waals surface area contributed by atoms with Crippen molar-refractivity contribution in [1.82, 2.24) is 10.1 Å². The number of benzene rings is 1. The van der Waals surface area contributed by atoms with Crippen LogP contribution >= 0.6 is 0 Å². The molecule has 1 heterocycles. The van der Waals surface area contributed by atoms with Crippen LogP contribution in [0.25, 0.3) is 11.4 Å². The van der Waals surface area contributed by atoms with Crippen molar-refractivity contribution in [3.63, 3.8) is 0 Å². The molecular formula is C12H13FN2O3S. The third-order valence-electron chi connectivity index (χ3n) is 2.86. The van der Waals surface area contributed by atoms with Gasteiger partial charge in [-0.1, -0.05) is 17.3 Å². The molecule has 5 nitrogen and oxygen atoms in total. The Balaban J connectivity index is 2.38. The number of nitrogens with zero attached hydrogens (tertiary/aromatic N) is 2. The molecule has 0 N–H and O–H groups in total. The highest BCUT2D eigenvalue weighted by Crippen LogP contribution is 2.23. The van der Waals surface area contributed by atoms with Gasteiger partial charge in [-0.25, -0.2) is 12.8 Å². The standard InChI is InChI=1S/C12H13FN2O3S/c1-7-4-5-9(6-10(7)13)11-14-12(18-15-11)8(2)19(3,16)17/h4-6,8H,1-3H3/t8-/m1/s1. The van der Waals surface area contributed by atoms with Gasteiger partial charge in [0.2, 0.25) is 11.7 Å². The van der Waals surface area contributed by atoms with Gasteiger partial charge in [-0.2, -0.15) is 4.98 Å². The summed E-state index contributed by atoms with van der Waals surface area (Å²) in [5.41, 5.74) is 0.954. The second-order valence-corrected chi connectivity index (χ2v) is 6.76. The average Bonchev–Trinajstić information content (AvgIpc) is 2.79. The summed E-state index contributed by atoms with van der Waals surface area (Å²) in [5, 5.41) is 2.79. The van der Waals surface area contributed by atoms with Crippen LogP contribution in [0.4, 0.5) is 4.39 Å². The zero-order valence-corrected chi connectivity index (χ0v) is 11.5. The third kappa shape index (κ3) is 2.81. The fraction of sp³-hybridized carbons (Fsp3) is 0.333. The van der Waals surface area contributed by atoms with Crippen molar-refractivity contribution in [2.24, 2.45) is 0 Å². The first-order valence-corrected chi connectivity index (χ1v) is 7.53. The van der Waals surface area contributed by atoms with Crippen LogP contribution in [0.3, 0.4) is 0 Å². The molecule has 0 fully saturated rings. The Morgan fingerprint density at radius 2 is 2.05 bits per heavy atom. The monoisotopic (exact) mass is 284 g/mol. The Kier molecular flexibility index (Phi) is 3.40. The first-order valence-electron chi connectivity index (χ1n) is 5.58. The van der Waals surface area contributed by atoms with Gasteiger partial charge in [-0.15, -0.1) is 0 Å². The Hall–Kier alpha value is -1.76. The van der Waals surface area contributed by atoms with Crippen molar-refractivity contribution in [3.05, 3.63) is 35.5 Å². The summed E-state index contributed by atoms with van der Waals surface area (Å²) in [7, 11) is -3.31. The van der Waals surface area contributed by atoms with E-state index in [1.165, 1.54) is 13.0 Å². The zero-order chi connectivity index (χ0) is 14.2. The van der Waals surface area contributed by atoms with E-state index in [9.17, 15) is 12.8 Å². The number of halogens is 1. The lowest BCUT2D eigenvalue weighted by Crippen LogP contribution is -2.07. The Labute approximate surface area is 110 Å². The summed E-state index contributed by atoms with van der Waals surface area (Å²) in [6, 6.07) is 4.54. The molecule has 0 amide bonds. The summed E-state index contributed by atoms with van der Waals surface area (Å²) in [5.74, 6) is -0.206. The van der Waals surface area contributed by atoms with E-state index in [1.807, 2.05) is 0 Å². The van der Waals surface area contributed by atoms with Crippen LogP contribution in [0.1, 0.15) is 23.6 Å². The first-order chi connectivity index (χ1) is 8.79. The highest BCUT2D eigenvalue weighted by Gasteiger charge is 2.24. The van der Waals surface area contributed by atoms with Gasteiger partial charge in [0.05, 0.1) is 0 Å². The van der Waals surface area contributed by atoms with Gasteiger partial charge in [-0.05, 0) is 25.5 Å². The van der Waals surface area contributed by atoms with E-state index in [2.05, 4.69) is 10.1 Å². The van der Waals surface area contributed by atoms with Crippen molar-refractivity contribution in [3.8, 4) is 11.4 Å². The topological polar surface area (TPSA) is 73.1 Å². The zero-order valence-electron chi connectivity index (χ0n) is 10.7. The second kappa shape index (κ2) is 4.73. The smallest absolute Gasteiger partial charge is 0.244 e. The lowest BCUT2D eigenvalue weighted by atomic mass is 10.1. The number of sulfone groups is 1. The van der Waals surface area contributed by atoms with E-state index in [0.29, 0.717) is 11.1 Å². The number of aryl methyl sites for hydroxylation is 1. The minimum absolute atomic E-state index is 0.00140. The molecule has 0 bridgehead atoms. The number of hydrogen-bond donors (Lipinski definition) is 0. The molecule has 0 aliphatic rings. The molecule has 0 aliphatic carbocycles. The molecule has 0 radical (unpaired) electrons. The molecule has 0 saturated heterocycles. The van der Waals surface area contributed by atoms with E-state index in [1.54, 1.807) is 19.1 Å². The SMILES string of the molecule is Cc1ccc(-c2noc([C@@H](C)S(C)(=O)=O)n2)cc1F. The van der Waals surface area contributed by atoms with Crippen molar-refractivity contribution in [1.29, 1.82) is 0 Å². The number of hydrogen-bond acceptors (Lipinski definition) is 5. The number of aromatic nitrogens is 2. The Bertz CT molecular complexity index is 710. The van der Waals surface area contributed by atoms with Crippen LogP contribution in [0.5, 0.6) is 0 Å². The second-order valence-electron chi connectivity index (χ2n) is 4.39.